The van der Waals surface area contributed by atoms with Crippen molar-refractivity contribution < 1.29 is 28.3 Å². The highest BCUT2D eigenvalue weighted by molar-refractivity contribution is 7.47. The molecule has 0 amide bonds. The number of hydrogen-bond donors (Lipinski definition) is 3. The molecule has 0 radical (unpaired) electrons. The number of phosphoric acid groups is 1. The predicted molar refractivity (Wildman–Crippen MR) is 200 cm³/mol. The van der Waals surface area contributed by atoms with Crippen LogP contribution < -0.4 is 5.32 Å². The van der Waals surface area contributed by atoms with Crippen LogP contribution in [0.25, 0.3) is 0 Å². The zero-order valence-corrected chi connectivity index (χ0v) is 29.1. The van der Waals surface area contributed by atoms with Crippen molar-refractivity contribution in [3.8, 4) is 0 Å². The molecule has 0 aromatic heterocycles. The maximum absolute atomic E-state index is 13.4. The van der Waals surface area contributed by atoms with Gasteiger partial charge in [-0.25, -0.2) is 4.57 Å². The van der Waals surface area contributed by atoms with Crippen molar-refractivity contribution >= 4 is 7.82 Å². The molecule has 0 saturated carbocycles. The van der Waals surface area contributed by atoms with E-state index in [1.165, 1.54) is 0 Å². The van der Waals surface area contributed by atoms with Gasteiger partial charge in [-0.3, -0.25) is 14.4 Å². The number of ether oxygens (including phenoxy) is 1. The maximum atomic E-state index is 13.4. The van der Waals surface area contributed by atoms with Gasteiger partial charge >= 0.3 is 7.82 Å². The second-order valence-corrected chi connectivity index (χ2v) is 13.5. The number of nitrogens with one attached hydrogen (secondary N) is 1. The maximum Gasteiger partial charge on any atom is 0.472 e. The molecule has 6 aromatic carbocycles. The zero-order valence-electron chi connectivity index (χ0n) is 28.2. The Morgan fingerprint density at radius 1 is 0.549 bits per heavy atom. The van der Waals surface area contributed by atoms with Gasteiger partial charge in [0.05, 0.1) is 25.4 Å². The summed E-state index contributed by atoms with van der Waals surface area (Å²) in [6, 6.07) is 59.4. The third-order valence-corrected chi connectivity index (χ3v) is 9.95. The topological polar surface area (TPSA) is 97.3 Å². The highest BCUT2D eigenvalue weighted by Crippen LogP contribution is 2.46. The van der Waals surface area contributed by atoms with Crippen molar-refractivity contribution in [1.29, 1.82) is 0 Å². The lowest BCUT2D eigenvalue weighted by molar-refractivity contribution is -0.0530. The highest BCUT2D eigenvalue weighted by Gasteiger charge is 2.40. The van der Waals surface area contributed by atoms with Crippen LogP contribution in [0.3, 0.4) is 0 Å². The molecule has 0 fully saturated rings. The summed E-state index contributed by atoms with van der Waals surface area (Å²) in [6.07, 6.45) is -1.17. The molecule has 6 rings (SSSR count). The van der Waals surface area contributed by atoms with Gasteiger partial charge in [0, 0.05) is 6.54 Å². The first-order valence-electron chi connectivity index (χ1n) is 17.0. The first-order chi connectivity index (χ1) is 25.0. The van der Waals surface area contributed by atoms with E-state index in [0.29, 0.717) is 0 Å². The molecule has 0 aliphatic carbocycles. The molecular weight excluding hydrogens is 657 g/mol. The minimum Gasteiger partial charge on any atom is -0.394 e. The fraction of sp³-hybridized carbons (Fsp3) is 0.163. The van der Waals surface area contributed by atoms with Crippen LogP contribution in [-0.2, 0) is 29.5 Å². The van der Waals surface area contributed by atoms with E-state index in [0.717, 1.165) is 33.4 Å². The number of aliphatic hydroxyl groups is 1. The molecule has 0 aliphatic heterocycles. The Hall–Kier alpha value is -4.69. The normalized spacial score (nSPS) is 13.7. The SMILES string of the molecule is O=P(O)(OCCNC(c1ccccc1)(c1ccccc1)c1ccccc1)O[C@@H](CO)COC(c1ccccc1)(c1ccccc1)c1ccccc1. The molecule has 2 atom stereocenters. The predicted octanol–water partition coefficient (Wildman–Crippen LogP) is 8.07. The van der Waals surface area contributed by atoms with E-state index < -0.39 is 31.7 Å². The van der Waals surface area contributed by atoms with Gasteiger partial charge in [0.25, 0.3) is 0 Å². The van der Waals surface area contributed by atoms with Crippen LogP contribution >= 0.6 is 7.82 Å². The molecule has 0 aliphatic rings. The molecule has 0 heterocycles. The summed E-state index contributed by atoms with van der Waals surface area (Å²) in [5.41, 5.74) is 3.70. The minimum absolute atomic E-state index is 0.150. The average Bonchev–Trinajstić information content (AvgIpc) is 3.20. The van der Waals surface area contributed by atoms with Crippen LogP contribution in [0.2, 0.25) is 0 Å². The first kappa shape index (κ1) is 36.1. The van der Waals surface area contributed by atoms with E-state index in [2.05, 4.69) is 41.7 Å². The molecule has 0 spiro atoms. The largest absolute Gasteiger partial charge is 0.472 e. The minimum atomic E-state index is -4.64. The standard InChI is InChI=1S/C43H42NO6P/c45-33-41(34-48-43(38-25-13-4-14-26-38,39-27-15-5-16-28-39)40-29-17-6-18-30-40)50-51(46,47)49-32-31-44-42(35-19-7-1-8-20-35,36-21-9-2-10-22-36)37-23-11-3-12-24-37/h1-30,41,44-45H,31-34H2,(H,46,47)/t41-/m0/s1. The number of aliphatic hydroxyl groups excluding tert-OH is 1. The van der Waals surface area contributed by atoms with Gasteiger partial charge in [-0.15, -0.1) is 0 Å². The quantitative estimate of drug-likeness (QED) is 0.0504. The number of hydrogen-bond acceptors (Lipinski definition) is 6. The second kappa shape index (κ2) is 17.0. The first-order valence-corrected chi connectivity index (χ1v) is 18.5. The summed E-state index contributed by atoms with van der Waals surface area (Å²) in [5.74, 6) is 0. The summed E-state index contributed by atoms with van der Waals surface area (Å²) in [7, 11) is -4.64. The Morgan fingerprint density at radius 3 is 1.22 bits per heavy atom. The average molecular weight is 700 g/mol. The van der Waals surface area contributed by atoms with E-state index in [4.69, 9.17) is 13.8 Å². The Balaban J connectivity index is 1.19. The number of benzene rings is 6. The Bertz CT molecular complexity index is 1760. The summed E-state index contributed by atoms with van der Waals surface area (Å²) in [6.45, 7) is -0.727. The van der Waals surface area contributed by atoms with Crippen LogP contribution in [0.4, 0.5) is 0 Å². The molecule has 0 saturated heterocycles. The zero-order chi connectivity index (χ0) is 35.4. The fourth-order valence-corrected chi connectivity index (χ4v) is 7.48. The third-order valence-electron chi connectivity index (χ3n) is 8.88. The third kappa shape index (κ3) is 8.28. The van der Waals surface area contributed by atoms with Crippen molar-refractivity contribution in [2.24, 2.45) is 0 Å². The molecule has 8 heteroatoms. The van der Waals surface area contributed by atoms with Gasteiger partial charge in [0.15, 0.2) is 0 Å². The molecule has 3 N–H and O–H groups in total. The summed E-state index contributed by atoms with van der Waals surface area (Å²) >= 11 is 0. The molecular formula is C43H42NO6P. The van der Waals surface area contributed by atoms with E-state index in [1.54, 1.807) is 0 Å². The van der Waals surface area contributed by atoms with Crippen molar-refractivity contribution in [1.82, 2.24) is 5.32 Å². The van der Waals surface area contributed by atoms with Gasteiger partial charge < -0.3 is 14.7 Å². The molecule has 1 unspecified atom stereocenters. The van der Waals surface area contributed by atoms with Crippen LogP contribution in [0.5, 0.6) is 0 Å². The van der Waals surface area contributed by atoms with Crippen LogP contribution in [0.15, 0.2) is 182 Å². The van der Waals surface area contributed by atoms with Crippen molar-refractivity contribution in [3.63, 3.8) is 0 Å². The smallest absolute Gasteiger partial charge is 0.394 e. The van der Waals surface area contributed by atoms with E-state index in [1.807, 2.05) is 146 Å². The van der Waals surface area contributed by atoms with Gasteiger partial charge in [0.2, 0.25) is 0 Å². The molecule has 51 heavy (non-hydrogen) atoms. The van der Waals surface area contributed by atoms with E-state index in [9.17, 15) is 14.6 Å². The van der Waals surface area contributed by atoms with E-state index >= 15 is 0 Å². The lowest BCUT2D eigenvalue weighted by Crippen LogP contribution is -2.46. The lowest BCUT2D eigenvalue weighted by atomic mass is 9.77. The van der Waals surface area contributed by atoms with Crippen LogP contribution in [0, 0.1) is 0 Å². The molecule has 260 valence electrons. The molecule has 6 aromatic rings. The van der Waals surface area contributed by atoms with E-state index in [-0.39, 0.29) is 19.8 Å². The van der Waals surface area contributed by atoms with Gasteiger partial charge in [-0.05, 0) is 33.4 Å². The lowest BCUT2D eigenvalue weighted by Gasteiger charge is -2.37. The Morgan fingerprint density at radius 2 is 0.882 bits per heavy atom. The van der Waals surface area contributed by atoms with Crippen LogP contribution in [-0.4, -0.2) is 42.5 Å². The van der Waals surface area contributed by atoms with Crippen molar-refractivity contribution in [2.45, 2.75) is 17.2 Å². The van der Waals surface area contributed by atoms with Crippen molar-refractivity contribution in [2.75, 3.05) is 26.4 Å². The van der Waals surface area contributed by atoms with Crippen LogP contribution in [0.1, 0.15) is 33.4 Å². The van der Waals surface area contributed by atoms with Gasteiger partial charge in [0.1, 0.15) is 11.7 Å². The fourth-order valence-electron chi connectivity index (χ4n) is 6.59. The molecule has 0 bridgehead atoms. The summed E-state index contributed by atoms with van der Waals surface area (Å²) < 4.78 is 31.2. The monoisotopic (exact) mass is 699 g/mol. The van der Waals surface area contributed by atoms with Crippen molar-refractivity contribution in [3.05, 3.63) is 215 Å². The highest BCUT2D eigenvalue weighted by atomic mass is 31.2. The Labute approximate surface area is 299 Å². The summed E-state index contributed by atoms with van der Waals surface area (Å²) in [5, 5.41) is 14.0. The summed E-state index contributed by atoms with van der Waals surface area (Å²) in [4.78, 5) is 10.9. The number of phosphoric ester groups is 1. The molecule has 7 nitrogen and oxygen atoms in total. The second-order valence-electron chi connectivity index (χ2n) is 12.1. The van der Waals surface area contributed by atoms with Gasteiger partial charge in [-0.1, -0.05) is 182 Å². The van der Waals surface area contributed by atoms with Gasteiger partial charge in [-0.2, -0.15) is 0 Å². The number of rotatable bonds is 17. The Kier molecular flexibility index (Phi) is 12.0.